The second kappa shape index (κ2) is 5.97. The van der Waals surface area contributed by atoms with Crippen LogP contribution in [0.4, 0.5) is 4.39 Å². The second-order valence-electron chi connectivity index (χ2n) is 4.88. The molecule has 2 nitrogen and oxygen atoms in total. The summed E-state index contributed by atoms with van der Waals surface area (Å²) in [6, 6.07) is 8.90. The Kier molecular flexibility index (Phi) is 4.33. The standard InChI is InChI=1S/C15H19FN2/c1-2-14-8-3-4-9-18(14)15(11-17)12-6-5-7-13(16)10-12/h5-7,10,14-15H,2-4,8-9H2,1H3. The monoisotopic (exact) mass is 246 g/mol. The van der Waals surface area contributed by atoms with Crippen LogP contribution in [0.25, 0.3) is 0 Å². The molecule has 0 radical (unpaired) electrons. The number of hydrogen-bond donors (Lipinski definition) is 0. The largest absolute Gasteiger partial charge is 0.281 e. The first kappa shape index (κ1) is 13.0. The minimum atomic E-state index is -0.314. The van der Waals surface area contributed by atoms with Gasteiger partial charge < -0.3 is 0 Å². The molecule has 18 heavy (non-hydrogen) atoms. The molecule has 2 rings (SSSR count). The predicted molar refractivity (Wildman–Crippen MR) is 69.4 cm³/mol. The van der Waals surface area contributed by atoms with Crippen LogP contribution in [-0.2, 0) is 0 Å². The third kappa shape index (κ3) is 2.70. The molecule has 0 N–H and O–H groups in total. The Morgan fingerprint density at radius 2 is 2.33 bits per heavy atom. The Bertz CT molecular complexity index is 438. The maximum absolute atomic E-state index is 13.3. The number of halogens is 1. The molecule has 1 aromatic rings. The highest BCUT2D eigenvalue weighted by Crippen LogP contribution is 2.29. The summed E-state index contributed by atoms with van der Waals surface area (Å²) in [7, 11) is 0. The van der Waals surface area contributed by atoms with E-state index in [-0.39, 0.29) is 11.9 Å². The molecule has 2 atom stereocenters. The number of piperidine rings is 1. The van der Waals surface area contributed by atoms with Gasteiger partial charge in [-0.25, -0.2) is 4.39 Å². The number of hydrogen-bond acceptors (Lipinski definition) is 2. The van der Waals surface area contributed by atoms with Gasteiger partial charge in [-0.1, -0.05) is 25.5 Å². The van der Waals surface area contributed by atoms with Crippen molar-refractivity contribution in [2.75, 3.05) is 6.54 Å². The first-order valence-electron chi connectivity index (χ1n) is 6.67. The van der Waals surface area contributed by atoms with Gasteiger partial charge in [0.15, 0.2) is 0 Å². The van der Waals surface area contributed by atoms with Gasteiger partial charge in [0.1, 0.15) is 11.9 Å². The van der Waals surface area contributed by atoms with Crippen LogP contribution >= 0.6 is 0 Å². The van der Waals surface area contributed by atoms with Crippen molar-refractivity contribution in [3.63, 3.8) is 0 Å². The minimum Gasteiger partial charge on any atom is -0.281 e. The number of likely N-dealkylation sites (tertiary alicyclic amines) is 1. The van der Waals surface area contributed by atoms with Crippen molar-refractivity contribution >= 4 is 0 Å². The van der Waals surface area contributed by atoms with Crippen LogP contribution in [0.1, 0.15) is 44.2 Å². The van der Waals surface area contributed by atoms with E-state index in [1.165, 1.54) is 18.6 Å². The van der Waals surface area contributed by atoms with Crippen molar-refractivity contribution in [3.8, 4) is 6.07 Å². The summed E-state index contributed by atoms with van der Waals surface area (Å²) in [6.45, 7) is 3.09. The fourth-order valence-corrected chi connectivity index (χ4v) is 2.82. The van der Waals surface area contributed by atoms with E-state index < -0.39 is 0 Å². The van der Waals surface area contributed by atoms with Crippen LogP contribution in [0.2, 0.25) is 0 Å². The molecule has 1 fully saturated rings. The number of benzene rings is 1. The van der Waals surface area contributed by atoms with Crippen molar-refractivity contribution in [2.45, 2.75) is 44.7 Å². The zero-order valence-electron chi connectivity index (χ0n) is 10.8. The second-order valence-corrected chi connectivity index (χ2v) is 4.88. The van der Waals surface area contributed by atoms with Gasteiger partial charge in [0.25, 0.3) is 0 Å². The van der Waals surface area contributed by atoms with E-state index >= 15 is 0 Å². The number of nitrogens with zero attached hydrogens (tertiary/aromatic N) is 2. The lowest BCUT2D eigenvalue weighted by Crippen LogP contribution is -2.41. The lowest BCUT2D eigenvalue weighted by Gasteiger charge is -2.38. The lowest BCUT2D eigenvalue weighted by atomic mass is 9.95. The van der Waals surface area contributed by atoms with Gasteiger partial charge in [0.2, 0.25) is 0 Å². The highest BCUT2D eigenvalue weighted by molar-refractivity contribution is 5.25. The topological polar surface area (TPSA) is 27.0 Å². The fourth-order valence-electron chi connectivity index (χ4n) is 2.82. The molecule has 1 aliphatic rings. The average molecular weight is 246 g/mol. The Morgan fingerprint density at radius 1 is 1.50 bits per heavy atom. The van der Waals surface area contributed by atoms with Crippen molar-refractivity contribution in [3.05, 3.63) is 35.6 Å². The normalized spacial score (nSPS) is 22.4. The summed E-state index contributed by atoms with van der Waals surface area (Å²) < 4.78 is 13.3. The molecule has 0 bridgehead atoms. The van der Waals surface area contributed by atoms with Gasteiger partial charge in [-0.2, -0.15) is 5.26 Å². The molecule has 0 spiro atoms. The zero-order chi connectivity index (χ0) is 13.0. The van der Waals surface area contributed by atoms with E-state index in [4.69, 9.17) is 0 Å². The summed E-state index contributed by atoms with van der Waals surface area (Å²) in [6.07, 6.45) is 4.55. The molecule has 0 aromatic heterocycles. The summed E-state index contributed by atoms with van der Waals surface area (Å²) in [5, 5.41) is 9.42. The van der Waals surface area contributed by atoms with Crippen LogP contribution in [0.15, 0.2) is 24.3 Å². The Labute approximate surface area is 108 Å². The lowest BCUT2D eigenvalue weighted by molar-refractivity contribution is 0.116. The SMILES string of the molecule is CCC1CCCCN1C(C#N)c1cccc(F)c1. The van der Waals surface area contributed by atoms with E-state index in [0.29, 0.717) is 6.04 Å². The van der Waals surface area contributed by atoms with Crippen LogP contribution < -0.4 is 0 Å². The Balaban J connectivity index is 2.25. The quantitative estimate of drug-likeness (QED) is 0.814. The van der Waals surface area contributed by atoms with Crippen LogP contribution in [0.3, 0.4) is 0 Å². The maximum atomic E-state index is 13.3. The third-order valence-corrected chi connectivity index (χ3v) is 3.76. The molecule has 0 aliphatic carbocycles. The van der Waals surface area contributed by atoms with Crippen molar-refractivity contribution in [1.29, 1.82) is 5.26 Å². The summed E-state index contributed by atoms with van der Waals surface area (Å²) in [4.78, 5) is 2.23. The van der Waals surface area contributed by atoms with Gasteiger partial charge in [-0.3, -0.25) is 4.90 Å². The highest BCUT2D eigenvalue weighted by Gasteiger charge is 2.28. The molecule has 2 unspecified atom stereocenters. The van der Waals surface area contributed by atoms with Gasteiger partial charge in [0.05, 0.1) is 6.07 Å². The van der Waals surface area contributed by atoms with E-state index in [1.54, 1.807) is 6.07 Å². The molecule has 1 saturated heterocycles. The summed E-state index contributed by atoms with van der Waals surface area (Å²) >= 11 is 0. The Morgan fingerprint density at radius 3 is 3.00 bits per heavy atom. The van der Waals surface area contributed by atoms with Crippen molar-refractivity contribution in [1.82, 2.24) is 4.90 Å². The number of rotatable bonds is 3. The molecular formula is C15H19FN2. The first-order chi connectivity index (χ1) is 8.76. The van der Waals surface area contributed by atoms with Crippen LogP contribution in [-0.4, -0.2) is 17.5 Å². The third-order valence-electron chi connectivity index (χ3n) is 3.76. The molecule has 1 aromatic carbocycles. The predicted octanol–water partition coefficient (Wildman–Crippen LogP) is 3.65. The molecule has 0 saturated carbocycles. The van der Waals surface area contributed by atoms with E-state index in [0.717, 1.165) is 31.4 Å². The molecule has 3 heteroatoms. The van der Waals surface area contributed by atoms with Crippen LogP contribution in [0.5, 0.6) is 0 Å². The van der Waals surface area contributed by atoms with Gasteiger partial charge in [-0.15, -0.1) is 0 Å². The van der Waals surface area contributed by atoms with Gasteiger partial charge in [0, 0.05) is 12.6 Å². The zero-order valence-corrected chi connectivity index (χ0v) is 10.8. The molecule has 0 amide bonds. The molecular weight excluding hydrogens is 227 g/mol. The van der Waals surface area contributed by atoms with Gasteiger partial charge >= 0.3 is 0 Å². The summed E-state index contributed by atoms with van der Waals surface area (Å²) in [5.74, 6) is -0.266. The van der Waals surface area contributed by atoms with E-state index in [9.17, 15) is 9.65 Å². The molecule has 1 aliphatic heterocycles. The highest BCUT2D eigenvalue weighted by atomic mass is 19.1. The first-order valence-corrected chi connectivity index (χ1v) is 6.67. The maximum Gasteiger partial charge on any atom is 0.124 e. The minimum absolute atomic E-state index is 0.266. The average Bonchev–Trinajstić information content (AvgIpc) is 2.40. The van der Waals surface area contributed by atoms with Crippen molar-refractivity contribution < 1.29 is 4.39 Å². The molecule has 1 heterocycles. The summed E-state index contributed by atoms with van der Waals surface area (Å²) in [5.41, 5.74) is 0.776. The van der Waals surface area contributed by atoms with Gasteiger partial charge in [-0.05, 0) is 37.0 Å². The molecule has 96 valence electrons. The Hall–Kier alpha value is -1.40. The van der Waals surface area contributed by atoms with Crippen molar-refractivity contribution in [2.24, 2.45) is 0 Å². The van der Waals surface area contributed by atoms with E-state index in [2.05, 4.69) is 17.9 Å². The fraction of sp³-hybridized carbons (Fsp3) is 0.533. The van der Waals surface area contributed by atoms with Crippen LogP contribution in [0, 0.1) is 17.1 Å². The number of nitriles is 1. The van der Waals surface area contributed by atoms with E-state index in [1.807, 2.05) is 6.07 Å². The smallest absolute Gasteiger partial charge is 0.124 e.